The number of nitrogens with one attached hydrogen (secondary N) is 2. The summed E-state index contributed by atoms with van der Waals surface area (Å²) >= 11 is 0. The van der Waals surface area contributed by atoms with Crippen LogP contribution >= 0.6 is 0 Å². The summed E-state index contributed by atoms with van der Waals surface area (Å²) < 4.78 is 0. The zero-order valence-electron chi connectivity index (χ0n) is 15.2. The van der Waals surface area contributed by atoms with Crippen molar-refractivity contribution in [2.24, 2.45) is 5.92 Å². The van der Waals surface area contributed by atoms with Crippen molar-refractivity contribution >= 4 is 17.5 Å². The molecular weight excluding hydrogens is 314 g/mol. The molecule has 1 heterocycles. The Morgan fingerprint density at radius 2 is 1.76 bits per heavy atom. The summed E-state index contributed by atoms with van der Waals surface area (Å²) in [5.41, 5.74) is 2.47. The largest absolute Gasteiger partial charge is 0.352 e. The van der Waals surface area contributed by atoms with E-state index in [1.807, 2.05) is 38.1 Å². The van der Waals surface area contributed by atoms with E-state index in [9.17, 15) is 9.59 Å². The maximum atomic E-state index is 12.5. The van der Waals surface area contributed by atoms with Gasteiger partial charge in [0, 0.05) is 24.0 Å². The van der Waals surface area contributed by atoms with Crippen molar-refractivity contribution in [3.8, 4) is 0 Å². The standard InChI is InChI=1S/C20H25N3O2/c1-13(2)12-22-19(24)15-9-10-21-18(11-15)20(25)23-17-8-6-5-7-16(17)14(3)4/h5-11,13-14H,12H2,1-4H3,(H,22,24)(H,23,25). The number of pyridine rings is 1. The molecule has 0 aliphatic heterocycles. The van der Waals surface area contributed by atoms with E-state index in [-0.39, 0.29) is 23.4 Å². The van der Waals surface area contributed by atoms with Gasteiger partial charge in [-0.1, -0.05) is 45.9 Å². The van der Waals surface area contributed by atoms with Crippen LogP contribution in [0.2, 0.25) is 0 Å². The second-order valence-corrected chi connectivity index (χ2v) is 6.73. The number of aromatic nitrogens is 1. The number of carbonyl (C=O) groups is 2. The molecule has 5 heteroatoms. The van der Waals surface area contributed by atoms with Crippen molar-refractivity contribution in [2.45, 2.75) is 33.6 Å². The van der Waals surface area contributed by atoms with Crippen LogP contribution in [0, 0.1) is 5.92 Å². The van der Waals surface area contributed by atoms with Gasteiger partial charge in [0.25, 0.3) is 11.8 Å². The number of benzene rings is 1. The maximum Gasteiger partial charge on any atom is 0.274 e. The van der Waals surface area contributed by atoms with E-state index < -0.39 is 0 Å². The molecule has 0 spiro atoms. The fourth-order valence-corrected chi connectivity index (χ4v) is 2.40. The molecule has 132 valence electrons. The number of hydrogen-bond acceptors (Lipinski definition) is 3. The van der Waals surface area contributed by atoms with Crippen molar-refractivity contribution in [2.75, 3.05) is 11.9 Å². The van der Waals surface area contributed by atoms with Gasteiger partial charge in [0.05, 0.1) is 0 Å². The Kier molecular flexibility index (Phi) is 6.28. The van der Waals surface area contributed by atoms with Crippen molar-refractivity contribution in [3.63, 3.8) is 0 Å². The zero-order valence-corrected chi connectivity index (χ0v) is 15.2. The highest BCUT2D eigenvalue weighted by molar-refractivity contribution is 6.05. The normalized spacial score (nSPS) is 10.8. The van der Waals surface area contributed by atoms with Crippen LogP contribution < -0.4 is 10.6 Å². The topological polar surface area (TPSA) is 71.1 Å². The van der Waals surface area contributed by atoms with E-state index in [4.69, 9.17) is 0 Å². The minimum absolute atomic E-state index is 0.201. The monoisotopic (exact) mass is 339 g/mol. The van der Waals surface area contributed by atoms with Crippen molar-refractivity contribution in [3.05, 3.63) is 59.4 Å². The summed E-state index contributed by atoms with van der Waals surface area (Å²) in [6, 6.07) is 10.8. The average Bonchev–Trinajstić information content (AvgIpc) is 2.60. The predicted octanol–water partition coefficient (Wildman–Crippen LogP) is 3.84. The van der Waals surface area contributed by atoms with Crippen LogP contribution in [0.5, 0.6) is 0 Å². The number of hydrogen-bond donors (Lipinski definition) is 2. The molecule has 0 saturated carbocycles. The van der Waals surface area contributed by atoms with Gasteiger partial charge in [0.2, 0.25) is 0 Å². The number of amides is 2. The van der Waals surface area contributed by atoms with Crippen LogP contribution in [0.3, 0.4) is 0 Å². The van der Waals surface area contributed by atoms with Crippen LogP contribution in [0.15, 0.2) is 42.6 Å². The zero-order chi connectivity index (χ0) is 18.4. The number of rotatable bonds is 6. The number of nitrogens with zero attached hydrogens (tertiary/aromatic N) is 1. The van der Waals surface area contributed by atoms with E-state index in [1.165, 1.54) is 12.3 Å². The first-order chi connectivity index (χ1) is 11.9. The summed E-state index contributed by atoms with van der Waals surface area (Å²) in [6.07, 6.45) is 1.48. The molecule has 2 N–H and O–H groups in total. The lowest BCUT2D eigenvalue weighted by Crippen LogP contribution is -2.27. The Morgan fingerprint density at radius 1 is 1.04 bits per heavy atom. The summed E-state index contributed by atoms with van der Waals surface area (Å²) in [6.45, 7) is 8.78. The Hall–Kier alpha value is -2.69. The maximum absolute atomic E-state index is 12.5. The smallest absolute Gasteiger partial charge is 0.274 e. The molecule has 0 unspecified atom stereocenters. The molecule has 0 aliphatic carbocycles. The summed E-state index contributed by atoms with van der Waals surface area (Å²) in [5, 5.41) is 5.73. The van der Waals surface area contributed by atoms with Crippen LogP contribution in [0.4, 0.5) is 5.69 Å². The summed E-state index contributed by atoms with van der Waals surface area (Å²) in [7, 11) is 0. The van der Waals surface area contributed by atoms with E-state index >= 15 is 0 Å². The van der Waals surface area contributed by atoms with Gasteiger partial charge < -0.3 is 10.6 Å². The Bertz CT molecular complexity index is 754. The van der Waals surface area contributed by atoms with Gasteiger partial charge in [-0.15, -0.1) is 0 Å². The quantitative estimate of drug-likeness (QED) is 0.840. The van der Waals surface area contributed by atoms with E-state index in [1.54, 1.807) is 6.07 Å². The highest BCUT2D eigenvalue weighted by atomic mass is 16.2. The molecule has 0 bridgehead atoms. The fourth-order valence-electron chi connectivity index (χ4n) is 2.40. The molecule has 0 radical (unpaired) electrons. The highest BCUT2D eigenvalue weighted by Gasteiger charge is 2.14. The Morgan fingerprint density at radius 3 is 2.44 bits per heavy atom. The first-order valence-electron chi connectivity index (χ1n) is 8.53. The molecule has 2 rings (SSSR count). The first-order valence-corrected chi connectivity index (χ1v) is 8.53. The van der Waals surface area contributed by atoms with Crippen molar-refractivity contribution in [1.29, 1.82) is 0 Å². The third kappa shape index (κ3) is 5.14. The van der Waals surface area contributed by atoms with Gasteiger partial charge >= 0.3 is 0 Å². The third-order valence-corrected chi connectivity index (χ3v) is 3.76. The summed E-state index contributed by atoms with van der Waals surface area (Å²) in [5.74, 6) is 0.123. The molecule has 1 aromatic carbocycles. The minimum atomic E-state index is -0.327. The number of para-hydroxylation sites is 1. The molecule has 0 saturated heterocycles. The molecular formula is C20H25N3O2. The Labute approximate surface area is 148 Å². The molecule has 0 atom stereocenters. The number of carbonyl (C=O) groups excluding carboxylic acids is 2. The molecule has 2 aromatic rings. The van der Waals surface area contributed by atoms with Gasteiger partial charge in [-0.05, 0) is 35.6 Å². The lowest BCUT2D eigenvalue weighted by molar-refractivity contribution is 0.0949. The van der Waals surface area contributed by atoms with Gasteiger partial charge in [-0.25, -0.2) is 0 Å². The molecule has 2 amide bonds. The van der Waals surface area contributed by atoms with Crippen LogP contribution in [-0.4, -0.2) is 23.3 Å². The average molecular weight is 339 g/mol. The highest BCUT2D eigenvalue weighted by Crippen LogP contribution is 2.24. The van der Waals surface area contributed by atoms with Gasteiger partial charge in [0.15, 0.2) is 0 Å². The molecule has 0 fully saturated rings. The SMILES string of the molecule is CC(C)CNC(=O)c1ccnc(C(=O)Nc2ccccc2C(C)C)c1. The van der Waals surface area contributed by atoms with Gasteiger partial charge in [-0.3, -0.25) is 14.6 Å². The minimum Gasteiger partial charge on any atom is -0.352 e. The predicted molar refractivity (Wildman–Crippen MR) is 99.9 cm³/mol. The van der Waals surface area contributed by atoms with Gasteiger partial charge in [-0.2, -0.15) is 0 Å². The molecule has 0 aliphatic rings. The lowest BCUT2D eigenvalue weighted by atomic mass is 10.0. The van der Waals surface area contributed by atoms with Crippen LogP contribution in [0.1, 0.15) is 60.0 Å². The van der Waals surface area contributed by atoms with E-state index in [0.29, 0.717) is 18.0 Å². The first kappa shape index (κ1) is 18.6. The lowest BCUT2D eigenvalue weighted by Gasteiger charge is -2.13. The second-order valence-electron chi connectivity index (χ2n) is 6.73. The Balaban J connectivity index is 2.15. The molecule has 25 heavy (non-hydrogen) atoms. The third-order valence-electron chi connectivity index (χ3n) is 3.76. The van der Waals surface area contributed by atoms with Crippen molar-refractivity contribution in [1.82, 2.24) is 10.3 Å². The fraction of sp³-hybridized carbons (Fsp3) is 0.350. The number of anilines is 1. The summed E-state index contributed by atoms with van der Waals surface area (Å²) in [4.78, 5) is 28.8. The van der Waals surface area contributed by atoms with Gasteiger partial charge in [0.1, 0.15) is 5.69 Å². The second kappa shape index (κ2) is 8.42. The van der Waals surface area contributed by atoms with E-state index in [0.717, 1.165) is 11.3 Å². The molecule has 5 nitrogen and oxygen atoms in total. The van der Waals surface area contributed by atoms with Crippen LogP contribution in [-0.2, 0) is 0 Å². The van der Waals surface area contributed by atoms with Crippen molar-refractivity contribution < 1.29 is 9.59 Å². The molecule has 1 aromatic heterocycles. The van der Waals surface area contributed by atoms with Crippen LogP contribution in [0.25, 0.3) is 0 Å². The van der Waals surface area contributed by atoms with E-state index in [2.05, 4.69) is 29.5 Å².